The number of ether oxygens (including phenoxy) is 2. The second-order valence-corrected chi connectivity index (χ2v) is 7.03. The van der Waals surface area contributed by atoms with Gasteiger partial charge in [-0.05, 0) is 42.3 Å². The van der Waals surface area contributed by atoms with Gasteiger partial charge in [0.15, 0.2) is 0 Å². The topological polar surface area (TPSA) is 96.6 Å². The smallest absolute Gasteiger partial charge is 0.311 e. The number of hydrazone groups is 1. The molecule has 152 valence electrons. The second-order valence-electron chi connectivity index (χ2n) is 6.17. The normalized spacial score (nSPS) is 10.5. The highest BCUT2D eigenvalue weighted by atomic mass is 32.1. The summed E-state index contributed by atoms with van der Waals surface area (Å²) in [6.45, 7) is 2.50. The molecule has 0 aliphatic heterocycles. The Kier molecular flexibility index (Phi) is 7.52. The van der Waals surface area contributed by atoms with Gasteiger partial charge >= 0.3 is 5.97 Å². The van der Waals surface area contributed by atoms with E-state index in [0.29, 0.717) is 35.4 Å². The molecule has 2 aromatic carbocycles. The fraction of sp³-hybridized carbons (Fsp3) is 0.182. The van der Waals surface area contributed by atoms with Crippen molar-refractivity contribution < 1.29 is 14.3 Å². The van der Waals surface area contributed by atoms with E-state index in [1.165, 1.54) is 11.3 Å². The van der Waals surface area contributed by atoms with Crippen LogP contribution in [-0.2, 0) is 22.6 Å². The third-order valence-corrected chi connectivity index (χ3v) is 4.67. The molecule has 1 N–H and O–H groups in total. The van der Waals surface area contributed by atoms with Gasteiger partial charge in [-0.2, -0.15) is 10.4 Å². The summed E-state index contributed by atoms with van der Waals surface area (Å²) in [6.07, 6.45) is 1.81. The van der Waals surface area contributed by atoms with Crippen LogP contribution in [0.15, 0.2) is 59.0 Å². The SMILES string of the molecule is CCOC(=O)Cc1csc(NN=Cc2cccc(OCc3cccc(C#N)c3)c2)n1. The first-order valence-corrected chi connectivity index (χ1v) is 10.1. The van der Waals surface area contributed by atoms with E-state index in [0.717, 1.165) is 11.1 Å². The van der Waals surface area contributed by atoms with Crippen molar-refractivity contribution in [1.29, 1.82) is 5.26 Å². The first-order chi connectivity index (χ1) is 14.7. The van der Waals surface area contributed by atoms with E-state index in [1.54, 1.807) is 30.7 Å². The lowest BCUT2D eigenvalue weighted by atomic mass is 10.1. The highest BCUT2D eigenvalue weighted by Crippen LogP contribution is 2.17. The number of anilines is 1. The monoisotopic (exact) mass is 420 g/mol. The second kappa shape index (κ2) is 10.7. The van der Waals surface area contributed by atoms with Gasteiger partial charge in [-0.1, -0.05) is 24.3 Å². The molecule has 3 rings (SSSR count). The van der Waals surface area contributed by atoms with Crippen molar-refractivity contribution >= 4 is 28.7 Å². The number of aromatic nitrogens is 1. The summed E-state index contributed by atoms with van der Waals surface area (Å²) >= 11 is 1.37. The van der Waals surface area contributed by atoms with E-state index < -0.39 is 0 Å². The van der Waals surface area contributed by atoms with E-state index in [4.69, 9.17) is 14.7 Å². The van der Waals surface area contributed by atoms with Gasteiger partial charge in [0.2, 0.25) is 5.13 Å². The summed E-state index contributed by atoms with van der Waals surface area (Å²) in [5.74, 6) is 0.404. The van der Waals surface area contributed by atoms with E-state index in [1.807, 2.05) is 36.4 Å². The van der Waals surface area contributed by atoms with Crippen LogP contribution in [0.25, 0.3) is 0 Å². The van der Waals surface area contributed by atoms with Gasteiger partial charge in [-0.25, -0.2) is 4.98 Å². The predicted molar refractivity (Wildman–Crippen MR) is 116 cm³/mol. The highest BCUT2D eigenvalue weighted by molar-refractivity contribution is 7.13. The Hall–Kier alpha value is -3.70. The summed E-state index contributed by atoms with van der Waals surface area (Å²) in [5.41, 5.74) is 5.90. The predicted octanol–water partition coefficient (Wildman–Crippen LogP) is 4.15. The minimum atomic E-state index is -0.297. The summed E-state index contributed by atoms with van der Waals surface area (Å²) in [5, 5.41) is 15.6. The van der Waals surface area contributed by atoms with Gasteiger partial charge in [-0.15, -0.1) is 11.3 Å². The van der Waals surface area contributed by atoms with Crippen molar-refractivity contribution in [1.82, 2.24) is 4.98 Å². The number of nitrogens with zero attached hydrogens (tertiary/aromatic N) is 3. The molecule has 1 heterocycles. The number of rotatable bonds is 9. The lowest BCUT2D eigenvalue weighted by Crippen LogP contribution is -2.07. The third kappa shape index (κ3) is 6.43. The van der Waals surface area contributed by atoms with Crippen LogP contribution in [0, 0.1) is 11.3 Å². The molecule has 0 amide bonds. The van der Waals surface area contributed by atoms with Crippen LogP contribution in [0.4, 0.5) is 5.13 Å². The lowest BCUT2D eigenvalue weighted by Gasteiger charge is -2.07. The first-order valence-electron chi connectivity index (χ1n) is 9.27. The number of nitrogens with one attached hydrogen (secondary N) is 1. The van der Waals surface area contributed by atoms with Crippen molar-refractivity contribution in [3.8, 4) is 11.8 Å². The molecule has 7 nitrogen and oxygen atoms in total. The van der Waals surface area contributed by atoms with Crippen LogP contribution in [0.1, 0.15) is 29.3 Å². The molecular weight excluding hydrogens is 400 g/mol. The molecule has 0 aliphatic rings. The first kappa shape index (κ1) is 21.0. The van der Waals surface area contributed by atoms with Crippen molar-refractivity contribution in [2.45, 2.75) is 20.0 Å². The molecule has 0 fully saturated rings. The molecule has 0 saturated carbocycles. The summed E-state index contributed by atoms with van der Waals surface area (Å²) in [7, 11) is 0. The average Bonchev–Trinajstić information content (AvgIpc) is 3.20. The van der Waals surface area contributed by atoms with E-state index in [-0.39, 0.29) is 12.4 Å². The standard InChI is InChI=1S/C22H20N4O3S/c1-2-28-21(27)11-19-15-30-22(25-19)26-24-13-17-6-4-8-20(10-17)29-14-18-7-3-5-16(9-18)12-23/h3-10,13,15H,2,11,14H2,1H3,(H,25,26). The van der Waals surface area contributed by atoms with Crippen molar-refractivity contribution in [2.75, 3.05) is 12.0 Å². The molecule has 0 bridgehead atoms. The number of benzene rings is 2. The molecule has 1 aromatic heterocycles. The number of hydrogen-bond donors (Lipinski definition) is 1. The Bertz CT molecular complexity index is 1070. The molecule has 8 heteroatoms. The van der Waals surface area contributed by atoms with Crippen LogP contribution in [-0.4, -0.2) is 23.8 Å². The van der Waals surface area contributed by atoms with Crippen LogP contribution in [0.2, 0.25) is 0 Å². The Balaban J connectivity index is 1.53. The zero-order chi connectivity index (χ0) is 21.2. The molecule has 3 aromatic rings. The van der Waals surface area contributed by atoms with Crippen molar-refractivity contribution in [3.05, 3.63) is 76.3 Å². The van der Waals surface area contributed by atoms with Gasteiger partial charge in [-0.3, -0.25) is 10.2 Å². The molecule has 0 atom stereocenters. The van der Waals surface area contributed by atoms with Crippen molar-refractivity contribution in [2.24, 2.45) is 5.10 Å². The molecule has 0 spiro atoms. The van der Waals surface area contributed by atoms with Gasteiger partial charge in [0.25, 0.3) is 0 Å². The fourth-order valence-electron chi connectivity index (χ4n) is 2.54. The van der Waals surface area contributed by atoms with E-state index in [9.17, 15) is 4.79 Å². The number of esters is 1. The Morgan fingerprint density at radius 1 is 1.30 bits per heavy atom. The van der Waals surface area contributed by atoms with Gasteiger partial charge < -0.3 is 9.47 Å². The highest BCUT2D eigenvalue weighted by Gasteiger charge is 2.07. The number of hydrogen-bond acceptors (Lipinski definition) is 8. The zero-order valence-electron chi connectivity index (χ0n) is 16.4. The Labute approximate surface area is 178 Å². The molecule has 0 aliphatic carbocycles. The van der Waals surface area contributed by atoms with Gasteiger partial charge in [0, 0.05) is 5.38 Å². The number of carbonyl (C=O) groups excluding carboxylic acids is 1. The molecule has 0 unspecified atom stereocenters. The van der Waals surface area contributed by atoms with Crippen LogP contribution in [0.5, 0.6) is 5.75 Å². The molecule has 0 radical (unpaired) electrons. The maximum Gasteiger partial charge on any atom is 0.311 e. The number of nitriles is 1. The summed E-state index contributed by atoms with van der Waals surface area (Å²) < 4.78 is 10.7. The molecule has 0 saturated heterocycles. The van der Waals surface area contributed by atoms with Crippen molar-refractivity contribution in [3.63, 3.8) is 0 Å². The Morgan fingerprint density at radius 3 is 3.00 bits per heavy atom. The molecular formula is C22H20N4O3S. The summed E-state index contributed by atoms with van der Waals surface area (Å²) in [4.78, 5) is 15.8. The fourth-order valence-corrected chi connectivity index (χ4v) is 3.20. The van der Waals surface area contributed by atoms with Crippen LogP contribution >= 0.6 is 11.3 Å². The Morgan fingerprint density at radius 2 is 2.17 bits per heavy atom. The minimum Gasteiger partial charge on any atom is -0.489 e. The van der Waals surface area contributed by atoms with Gasteiger partial charge in [0.1, 0.15) is 12.4 Å². The van der Waals surface area contributed by atoms with Crippen LogP contribution in [0.3, 0.4) is 0 Å². The van der Waals surface area contributed by atoms with E-state index >= 15 is 0 Å². The zero-order valence-corrected chi connectivity index (χ0v) is 17.2. The maximum atomic E-state index is 11.5. The van der Waals surface area contributed by atoms with Gasteiger partial charge in [0.05, 0.1) is 36.6 Å². The largest absolute Gasteiger partial charge is 0.489 e. The quantitative estimate of drug-likeness (QED) is 0.317. The number of carbonyl (C=O) groups is 1. The molecule has 30 heavy (non-hydrogen) atoms. The number of thiazole rings is 1. The summed E-state index contributed by atoms with van der Waals surface area (Å²) in [6, 6.07) is 17.0. The minimum absolute atomic E-state index is 0.145. The lowest BCUT2D eigenvalue weighted by molar-refractivity contribution is -0.142. The van der Waals surface area contributed by atoms with Crippen LogP contribution < -0.4 is 10.2 Å². The average molecular weight is 420 g/mol. The maximum absolute atomic E-state index is 11.5. The third-order valence-electron chi connectivity index (χ3n) is 3.88. The van der Waals surface area contributed by atoms with E-state index in [2.05, 4.69) is 21.6 Å².